The van der Waals surface area contributed by atoms with Gasteiger partial charge in [-0.2, -0.15) is 0 Å². The number of hydrogen-bond donors (Lipinski definition) is 1. The Hall–Kier alpha value is 0.490. The first-order valence-corrected chi connectivity index (χ1v) is 3.55. The van der Waals surface area contributed by atoms with Gasteiger partial charge in [0, 0.05) is 0 Å². The van der Waals surface area contributed by atoms with E-state index < -0.39 is 21.0 Å². The minimum absolute atomic E-state index is 0. The number of hydrogen-bond acceptors (Lipinski definition) is 6. The van der Waals surface area contributed by atoms with Crippen molar-refractivity contribution in [1.29, 1.82) is 0 Å². The van der Waals surface area contributed by atoms with Crippen LogP contribution in [-0.2, 0) is 21.0 Å². The van der Waals surface area contributed by atoms with E-state index >= 15 is 0 Å². The second-order valence-electron chi connectivity index (χ2n) is 0.632. The van der Waals surface area contributed by atoms with E-state index in [0.29, 0.717) is 0 Å². The van der Waals surface area contributed by atoms with Crippen LogP contribution < -0.4 is 29.6 Å². The maximum absolute atomic E-state index is 8.63. The molecule has 0 aliphatic carbocycles. The summed E-state index contributed by atoms with van der Waals surface area (Å²) in [6.07, 6.45) is 0. The van der Waals surface area contributed by atoms with Crippen LogP contribution >= 0.6 is 0 Å². The zero-order valence-electron chi connectivity index (χ0n) is 4.71. The van der Waals surface area contributed by atoms with Crippen LogP contribution in [0.15, 0.2) is 0 Å². The maximum Gasteiger partial charge on any atom is 1.00 e. The van der Waals surface area contributed by atoms with E-state index in [0.717, 1.165) is 0 Å². The molecule has 56 valence electrons. The van der Waals surface area contributed by atoms with E-state index in [1.54, 1.807) is 0 Å². The molecule has 0 amide bonds. The molecular weight excluding hydrogens is 199 g/mol. The largest absolute Gasteiger partial charge is 1.00 e. The molecule has 0 heterocycles. The standard InChI is InChI=1S/Na.H2O4S.O3S/c;1-5(2,3)4;1-4(2)3/h;(H2,1,2,3,4);/q+1;;/p-1. The Morgan fingerprint density at radius 1 is 1.20 bits per heavy atom. The molecule has 0 radical (unpaired) electrons. The summed E-state index contributed by atoms with van der Waals surface area (Å²) in [4.78, 5) is 0. The number of rotatable bonds is 0. The summed E-state index contributed by atoms with van der Waals surface area (Å²) in [5.74, 6) is 0. The van der Waals surface area contributed by atoms with Crippen molar-refractivity contribution in [2.45, 2.75) is 0 Å². The predicted octanol–water partition coefficient (Wildman–Crippen LogP) is -5.00. The molecule has 0 atom stereocenters. The van der Waals surface area contributed by atoms with Crippen molar-refractivity contribution >= 4 is 21.0 Å². The summed E-state index contributed by atoms with van der Waals surface area (Å²) in [6.45, 7) is 0. The molecule has 0 fully saturated rings. The normalized spacial score (nSPS) is 8.20. The van der Waals surface area contributed by atoms with E-state index in [-0.39, 0.29) is 29.6 Å². The molecule has 7 nitrogen and oxygen atoms in total. The smallest absolute Gasteiger partial charge is 0.726 e. The van der Waals surface area contributed by atoms with Gasteiger partial charge in [-0.25, -0.2) is 8.42 Å². The molecule has 0 aliphatic heterocycles. The van der Waals surface area contributed by atoms with Gasteiger partial charge in [-0.05, 0) is 0 Å². The SMILES string of the molecule is O=S(=O)([O-])O.O=S(=O)=O.[Na+]. The van der Waals surface area contributed by atoms with Crippen molar-refractivity contribution in [3.05, 3.63) is 0 Å². The summed E-state index contributed by atoms with van der Waals surface area (Å²) >= 11 is 0. The van der Waals surface area contributed by atoms with Gasteiger partial charge in [-0.15, -0.1) is 12.6 Å². The van der Waals surface area contributed by atoms with Crippen LogP contribution in [0.2, 0.25) is 0 Å². The minimum Gasteiger partial charge on any atom is -0.726 e. The maximum atomic E-state index is 8.63. The van der Waals surface area contributed by atoms with Gasteiger partial charge in [0.1, 0.15) is 0 Å². The van der Waals surface area contributed by atoms with Gasteiger partial charge in [0.2, 0.25) is 10.4 Å². The van der Waals surface area contributed by atoms with Crippen molar-refractivity contribution < 1.29 is 59.7 Å². The fourth-order valence-electron chi connectivity index (χ4n) is 0. The second-order valence-corrected chi connectivity index (χ2v) is 1.90. The van der Waals surface area contributed by atoms with Gasteiger partial charge in [-0.1, -0.05) is 0 Å². The van der Waals surface area contributed by atoms with Crippen LogP contribution in [-0.4, -0.2) is 30.1 Å². The third kappa shape index (κ3) is 1980. The summed E-state index contributed by atoms with van der Waals surface area (Å²) in [6, 6.07) is 0. The first-order chi connectivity index (χ1) is 3.73. The van der Waals surface area contributed by atoms with E-state index in [1.807, 2.05) is 0 Å². The Morgan fingerprint density at radius 3 is 1.20 bits per heavy atom. The molecule has 0 rings (SSSR count). The fourth-order valence-corrected chi connectivity index (χ4v) is 0. The van der Waals surface area contributed by atoms with E-state index in [1.165, 1.54) is 0 Å². The summed E-state index contributed by atoms with van der Waals surface area (Å²) < 4.78 is 58.2. The third-order valence-corrected chi connectivity index (χ3v) is 0. The van der Waals surface area contributed by atoms with Gasteiger partial charge >= 0.3 is 40.2 Å². The Kier molecular flexibility index (Phi) is 12.8. The van der Waals surface area contributed by atoms with Crippen molar-refractivity contribution in [2.24, 2.45) is 0 Å². The Morgan fingerprint density at radius 2 is 1.20 bits per heavy atom. The van der Waals surface area contributed by atoms with Crippen LogP contribution in [0.4, 0.5) is 0 Å². The zero-order chi connectivity index (χ0) is 8.08. The van der Waals surface area contributed by atoms with E-state index in [4.69, 9.17) is 30.1 Å². The molecule has 10 heteroatoms. The minimum atomic E-state index is -4.92. The fraction of sp³-hybridized carbons (Fsp3) is 0. The van der Waals surface area contributed by atoms with Crippen LogP contribution in [0.3, 0.4) is 0 Å². The van der Waals surface area contributed by atoms with Crippen molar-refractivity contribution in [3.8, 4) is 0 Å². The molecule has 0 bridgehead atoms. The zero-order valence-corrected chi connectivity index (χ0v) is 8.35. The summed E-state index contributed by atoms with van der Waals surface area (Å²) in [5.41, 5.74) is 0. The van der Waals surface area contributed by atoms with Crippen molar-refractivity contribution in [3.63, 3.8) is 0 Å². The van der Waals surface area contributed by atoms with Crippen LogP contribution in [0, 0.1) is 0 Å². The Bertz CT molecular complexity index is 224. The molecule has 0 saturated carbocycles. The van der Waals surface area contributed by atoms with Crippen LogP contribution in [0.25, 0.3) is 0 Å². The molecular formula is HNaO7S2. The molecule has 1 N–H and O–H groups in total. The molecule has 0 aliphatic rings. The van der Waals surface area contributed by atoms with Crippen molar-refractivity contribution in [2.75, 3.05) is 0 Å². The molecule has 0 aromatic carbocycles. The van der Waals surface area contributed by atoms with Gasteiger partial charge in [0.05, 0.1) is 0 Å². The van der Waals surface area contributed by atoms with Gasteiger partial charge < -0.3 is 4.55 Å². The molecule has 10 heavy (non-hydrogen) atoms. The average molecular weight is 200 g/mol. The summed E-state index contributed by atoms with van der Waals surface area (Å²) in [5, 5.41) is 0. The quantitative estimate of drug-likeness (QED) is 0.235. The Labute approximate surface area is 80.4 Å². The van der Waals surface area contributed by atoms with Gasteiger partial charge in [0.25, 0.3) is 0 Å². The molecule has 0 aromatic heterocycles. The van der Waals surface area contributed by atoms with Crippen LogP contribution in [0.1, 0.15) is 0 Å². The first-order valence-electron chi connectivity index (χ1n) is 1.18. The molecule has 0 saturated heterocycles. The average Bonchev–Trinajstić information content (AvgIpc) is 1.19. The molecule has 0 unspecified atom stereocenters. The van der Waals surface area contributed by atoms with Crippen molar-refractivity contribution in [1.82, 2.24) is 0 Å². The Balaban J connectivity index is -0.0000000910. The predicted molar refractivity (Wildman–Crippen MR) is 22.0 cm³/mol. The van der Waals surface area contributed by atoms with Gasteiger partial charge in [-0.3, -0.25) is 4.55 Å². The summed E-state index contributed by atoms with van der Waals surface area (Å²) in [7, 11) is -8.03. The topological polar surface area (TPSA) is 129 Å². The third-order valence-electron chi connectivity index (χ3n) is 0. The first kappa shape index (κ1) is 16.8. The molecule has 0 aromatic rings. The monoisotopic (exact) mass is 200 g/mol. The van der Waals surface area contributed by atoms with E-state index in [9.17, 15) is 0 Å². The second kappa shape index (κ2) is 7.60. The van der Waals surface area contributed by atoms with Crippen LogP contribution in [0.5, 0.6) is 0 Å². The van der Waals surface area contributed by atoms with Gasteiger partial charge in [0.15, 0.2) is 0 Å². The van der Waals surface area contributed by atoms with E-state index in [2.05, 4.69) is 0 Å². The molecule has 0 spiro atoms.